The highest BCUT2D eigenvalue weighted by atomic mass is 16.6. The SMILES string of the molecule is CC(=O)O[C@]1(c2cccc(O)c2)CN(C)C1=O. The van der Waals surface area contributed by atoms with Gasteiger partial charge in [-0.05, 0) is 12.1 Å². The summed E-state index contributed by atoms with van der Waals surface area (Å²) < 4.78 is 5.16. The topological polar surface area (TPSA) is 66.8 Å². The lowest BCUT2D eigenvalue weighted by molar-refractivity contribution is -0.193. The first kappa shape index (κ1) is 11.4. The molecule has 5 heteroatoms. The number of nitrogens with zero attached hydrogens (tertiary/aromatic N) is 1. The van der Waals surface area contributed by atoms with E-state index in [1.165, 1.54) is 24.0 Å². The molecule has 0 aliphatic carbocycles. The average Bonchev–Trinajstić information content (AvgIpc) is 2.27. The van der Waals surface area contributed by atoms with Gasteiger partial charge in [-0.25, -0.2) is 0 Å². The van der Waals surface area contributed by atoms with Crippen molar-refractivity contribution in [1.82, 2.24) is 4.90 Å². The molecule has 1 N–H and O–H groups in total. The summed E-state index contributed by atoms with van der Waals surface area (Å²) in [7, 11) is 1.63. The molecule has 1 saturated heterocycles. The fourth-order valence-electron chi connectivity index (χ4n) is 2.04. The van der Waals surface area contributed by atoms with Crippen LogP contribution in [0.2, 0.25) is 0 Å². The van der Waals surface area contributed by atoms with Crippen molar-refractivity contribution in [2.45, 2.75) is 12.5 Å². The summed E-state index contributed by atoms with van der Waals surface area (Å²) in [4.78, 5) is 24.5. The molecule has 1 atom stereocenters. The molecule has 1 aromatic carbocycles. The van der Waals surface area contributed by atoms with Gasteiger partial charge in [-0.2, -0.15) is 0 Å². The third-order valence-corrected chi connectivity index (χ3v) is 2.78. The first-order chi connectivity index (χ1) is 7.95. The van der Waals surface area contributed by atoms with Crippen LogP contribution in [0, 0.1) is 0 Å². The molecule has 1 fully saturated rings. The Morgan fingerprint density at radius 2 is 2.24 bits per heavy atom. The van der Waals surface area contributed by atoms with E-state index in [-0.39, 0.29) is 11.7 Å². The first-order valence-corrected chi connectivity index (χ1v) is 5.20. The van der Waals surface area contributed by atoms with E-state index in [1.807, 2.05) is 0 Å². The molecule has 1 aromatic rings. The Labute approximate surface area is 98.6 Å². The molecule has 2 rings (SSSR count). The quantitative estimate of drug-likeness (QED) is 0.603. The Hall–Kier alpha value is -2.04. The van der Waals surface area contributed by atoms with Crippen molar-refractivity contribution in [3.05, 3.63) is 29.8 Å². The van der Waals surface area contributed by atoms with Crippen LogP contribution in [-0.4, -0.2) is 35.5 Å². The number of carbonyl (C=O) groups is 2. The van der Waals surface area contributed by atoms with Crippen LogP contribution < -0.4 is 0 Å². The van der Waals surface area contributed by atoms with E-state index in [0.29, 0.717) is 12.1 Å². The molecule has 0 spiro atoms. The number of amides is 1. The number of benzene rings is 1. The predicted molar refractivity (Wildman–Crippen MR) is 59.2 cm³/mol. The number of β-lactam (4-membered cyclic amide) rings is 1. The van der Waals surface area contributed by atoms with Gasteiger partial charge in [-0.15, -0.1) is 0 Å². The maximum absolute atomic E-state index is 11.9. The fourth-order valence-corrected chi connectivity index (χ4v) is 2.04. The third kappa shape index (κ3) is 1.73. The fraction of sp³-hybridized carbons (Fsp3) is 0.333. The van der Waals surface area contributed by atoms with Crippen molar-refractivity contribution in [1.29, 1.82) is 0 Å². The number of ether oxygens (including phenoxy) is 1. The van der Waals surface area contributed by atoms with Crippen LogP contribution in [-0.2, 0) is 19.9 Å². The summed E-state index contributed by atoms with van der Waals surface area (Å²) in [5, 5.41) is 9.42. The predicted octanol–water partition coefficient (Wildman–Crippen LogP) is 0.623. The van der Waals surface area contributed by atoms with Crippen LogP contribution in [0.1, 0.15) is 12.5 Å². The maximum Gasteiger partial charge on any atom is 0.304 e. The molecule has 90 valence electrons. The lowest BCUT2D eigenvalue weighted by Crippen LogP contribution is -2.64. The Morgan fingerprint density at radius 3 is 2.71 bits per heavy atom. The molecule has 0 unspecified atom stereocenters. The Balaban J connectivity index is 2.42. The van der Waals surface area contributed by atoms with Crippen LogP contribution in [0.15, 0.2) is 24.3 Å². The Morgan fingerprint density at radius 1 is 1.53 bits per heavy atom. The molecule has 1 amide bonds. The largest absolute Gasteiger partial charge is 0.508 e. The minimum absolute atomic E-state index is 0.0383. The van der Waals surface area contributed by atoms with Crippen molar-refractivity contribution in [3.8, 4) is 5.75 Å². The molecular weight excluding hydrogens is 222 g/mol. The number of phenolic OH excluding ortho intramolecular Hbond substituents is 1. The van der Waals surface area contributed by atoms with E-state index in [9.17, 15) is 14.7 Å². The van der Waals surface area contributed by atoms with E-state index in [2.05, 4.69) is 0 Å². The second-order valence-corrected chi connectivity index (χ2v) is 4.13. The van der Waals surface area contributed by atoms with Gasteiger partial charge in [0.1, 0.15) is 5.75 Å². The van der Waals surface area contributed by atoms with Crippen LogP contribution in [0.4, 0.5) is 0 Å². The first-order valence-electron chi connectivity index (χ1n) is 5.20. The molecule has 1 aliphatic heterocycles. The van der Waals surface area contributed by atoms with Gasteiger partial charge in [-0.1, -0.05) is 12.1 Å². The number of hydrogen-bond donors (Lipinski definition) is 1. The van der Waals surface area contributed by atoms with Gasteiger partial charge in [0.15, 0.2) is 0 Å². The Bertz CT molecular complexity index is 485. The minimum atomic E-state index is -1.26. The summed E-state index contributed by atoms with van der Waals surface area (Å²) in [6, 6.07) is 6.21. The molecule has 0 saturated carbocycles. The van der Waals surface area contributed by atoms with Crippen molar-refractivity contribution in [2.75, 3.05) is 13.6 Å². The van der Waals surface area contributed by atoms with Gasteiger partial charge >= 0.3 is 5.97 Å². The van der Waals surface area contributed by atoms with E-state index in [1.54, 1.807) is 19.2 Å². The second-order valence-electron chi connectivity index (χ2n) is 4.13. The van der Waals surface area contributed by atoms with Crippen molar-refractivity contribution in [2.24, 2.45) is 0 Å². The lowest BCUT2D eigenvalue weighted by Gasteiger charge is -2.45. The zero-order valence-electron chi connectivity index (χ0n) is 9.64. The molecule has 17 heavy (non-hydrogen) atoms. The number of esters is 1. The average molecular weight is 235 g/mol. The summed E-state index contributed by atoms with van der Waals surface area (Å²) in [6.45, 7) is 1.56. The second kappa shape index (κ2) is 3.76. The molecule has 1 aliphatic rings. The number of carbonyl (C=O) groups excluding carboxylic acids is 2. The number of hydrogen-bond acceptors (Lipinski definition) is 4. The summed E-state index contributed by atoms with van der Waals surface area (Å²) in [6.07, 6.45) is 0. The maximum atomic E-state index is 11.9. The number of likely N-dealkylation sites (tertiary alicyclic amines) is 1. The van der Waals surface area contributed by atoms with E-state index < -0.39 is 11.6 Å². The van der Waals surface area contributed by atoms with Crippen molar-refractivity contribution < 1.29 is 19.4 Å². The van der Waals surface area contributed by atoms with Crippen LogP contribution in [0.3, 0.4) is 0 Å². The highest BCUT2D eigenvalue weighted by Crippen LogP contribution is 2.37. The van der Waals surface area contributed by atoms with Gasteiger partial charge < -0.3 is 14.7 Å². The standard InChI is InChI=1S/C12H13NO4/c1-8(14)17-12(7-13(2)11(12)16)9-4-3-5-10(15)6-9/h3-6,15H,7H2,1-2H3/t12-/m0/s1. The third-order valence-electron chi connectivity index (χ3n) is 2.78. The van der Waals surface area contributed by atoms with Gasteiger partial charge in [0.2, 0.25) is 5.60 Å². The highest BCUT2D eigenvalue weighted by Gasteiger charge is 2.55. The van der Waals surface area contributed by atoms with Gasteiger partial charge in [0.05, 0.1) is 6.54 Å². The van der Waals surface area contributed by atoms with E-state index in [4.69, 9.17) is 4.74 Å². The molecule has 5 nitrogen and oxygen atoms in total. The highest BCUT2D eigenvalue weighted by molar-refractivity contribution is 5.94. The molecule has 0 aromatic heterocycles. The normalized spacial score (nSPS) is 23.2. The number of aromatic hydroxyl groups is 1. The van der Waals surface area contributed by atoms with Crippen molar-refractivity contribution >= 4 is 11.9 Å². The zero-order chi connectivity index (χ0) is 12.6. The molecular formula is C12H13NO4. The van der Waals surface area contributed by atoms with Crippen LogP contribution in [0.25, 0.3) is 0 Å². The summed E-state index contributed by atoms with van der Waals surface area (Å²) in [5.41, 5.74) is -0.768. The van der Waals surface area contributed by atoms with E-state index >= 15 is 0 Å². The molecule has 0 bridgehead atoms. The zero-order valence-corrected chi connectivity index (χ0v) is 9.64. The van der Waals surface area contributed by atoms with Gasteiger partial charge in [0, 0.05) is 19.5 Å². The van der Waals surface area contributed by atoms with Crippen molar-refractivity contribution in [3.63, 3.8) is 0 Å². The number of rotatable bonds is 2. The van der Waals surface area contributed by atoms with Gasteiger partial charge in [0.25, 0.3) is 5.91 Å². The minimum Gasteiger partial charge on any atom is -0.508 e. The lowest BCUT2D eigenvalue weighted by atomic mass is 9.85. The number of phenols is 1. The molecule has 0 radical (unpaired) electrons. The van der Waals surface area contributed by atoms with E-state index in [0.717, 1.165) is 0 Å². The smallest absolute Gasteiger partial charge is 0.304 e. The van der Waals surface area contributed by atoms with Crippen LogP contribution >= 0.6 is 0 Å². The Kier molecular flexibility index (Phi) is 2.53. The summed E-state index contributed by atoms with van der Waals surface area (Å²) in [5.74, 6) is -0.760. The van der Waals surface area contributed by atoms with Gasteiger partial charge in [-0.3, -0.25) is 9.59 Å². The number of likely N-dealkylation sites (N-methyl/N-ethyl adjacent to an activating group) is 1. The molecule has 1 heterocycles. The van der Waals surface area contributed by atoms with Crippen LogP contribution in [0.5, 0.6) is 5.75 Å². The monoisotopic (exact) mass is 235 g/mol. The summed E-state index contributed by atoms with van der Waals surface area (Å²) >= 11 is 0.